The van der Waals surface area contributed by atoms with Gasteiger partial charge in [0.15, 0.2) is 11.4 Å². The highest BCUT2D eigenvalue weighted by atomic mass is 35.5. The summed E-state index contributed by atoms with van der Waals surface area (Å²) in [7, 11) is 1.89. The van der Waals surface area contributed by atoms with Gasteiger partial charge in [-0.15, -0.1) is 0 Å². The Hall–Kier alpha value is -2.79. The van der Waals surface area contributed by atoms with Crippen molar-refractivity contribution in [3.05, 3.63) is 51.7 Å². The Morgan fingerprint density at radius 3 is 2.53 bits per heavy atom. The summed E-state index contributed by atoms with van der Waals surface area (Å²) in [6.07, 6.45) is 4.09. The van der Waals surface area contributed by atoms with Crippen LogP contribution in [-0.4, -0.2) is 77.6 Å². The molecule has 0 aliphatic carbocycles. The Bertz CT molecular complexity index is 1120. The van der Waals surface area contributed by atoms with Crippen LogP contribution in [0, 0.1) is 0 Å². The van der Waals surface area contributed by atoms with Crippen molar-refractivity contribution in [3.8, 4) is 0 Å². The van der Waals surface area contributed by atoms with Crippen LogP contribution >= 0.6 is 22.9 Å². The molecular formula is C25H34ClN7O2S. The summed E-state index contributed by atoms with van der Waals surface area (Å²) in [6, 6.07) is 7.87. The van der Waals surface area contributed by atoms with Gasteiger partial charge in [-0.25, -0.2) is 15.0 Å². The number of thiazole rings is 1. The van der Waals surface area contributed by atoms with Crippen molar-refractivity contribution < 1.29 is 9.90 Å². The van der Waals surface area contributed by atoms with Crippen LogP contribution in [0.1, 0.15) is 34.9 Å². The number of nitrogens with zero attached hydrogens (tertiary/aromatic N) is 5. The summed E-state index contributed by atoms with van der Waals surface area (Å²) in [6.45, 7) is 8.60. The minimum atomic E-state index is 0.193. The van der Waals surface area contributed by atoms with Crippen molar-refractivity contribution >= 4 is 51.7 Å². The normalized spacial score (nSPS) is 13.6. The summed E-state index contributed by atoms with van der Waals surface area (Å²) in [4.78, 5) is 29.2. The number of aldehydes is 1. The van der Waals surface area contributed by atoms with Gasteiger partial charge in [0.05, 0.1) is 28.4 Å². The molecule has 9 nitrogen and oxygen atoms in total. The molecule has 0 spiro atoms. The fourth-order valence-corrected chi connectivity index (χ4v) is 4.79. The molecule has 1 saturated heterocycles. The van der Waals surface area contributed by atoms with Gasteiger partial charge in [-0.05, 0) is 18.1 Å². The number of para-hydroxylation sites is 1. The molecule has 0 bridgehead atoms. The molecule has 194 valence electrons. The summed E-state index contributed by atoms with van der Waals surface area (Å²) in [5.74, 6) is 2.35. The van der Waals surface area contributed by atoms with Crippen molar-refractivity contribution in [2.24, 2.45) is 0 Å². The van der Waals surface area contributed by atoms with E-state index in [1.165, 1.54) is 16.9 Å². The second-order valence-corrected chi connectivity index (χ2v) is 9.59. The molecule has 0 unspecified atom stereocenters. The Morgan fingerprint density at radius 1 is 1.17 bits per heavy atom. The smallest absolute Gasteiger partial charge is 0.188 e. The van der Waals surface area contributed by atoms with E-state index in [1.807, 2.05) is 32.2 Å². The molecule has 0 amide bonds. The highest BCUT2D eigenvalue weighted by Gasteiger charge is 2.19. The third kappa shape index (κ3) is 7.60. The van der Waals surface area contributed by atoms with E-state index >= 15 is 0 Å². The topological polar surface area (TPSA) is 107 Å². The van der Waals surface area contributed by atoms with Crippen molar-refractivity contribution in [2.75, 3.05) is 61.9 Å². The average molecular weight is 532 g/mol. The summed E-state index contributed by atoms with van der Waals surface area (Å²) < 4.78 is 0. The van der Waals surface area contributed by atoms with Gasteiger partial charge in [0.2, 0.25) is 0 Å². The molecule has 3 N–H and O–H groups in total. The Morgan fingerprint density at radius 2 is 1.94 bits per heavy atom. The highest BCUT2D eigenvalue weighted by molar-refractivity contribution is 7.17. The largest absolute Gasteiger partial charge is 0.395 e. The molecule has 11 heteroatoms. The van der Waals surface area contributed by atoms with Gasteiger partial charge in [-0.1, -0.05) is 48.9 Å². The fourth-order valence-electron chi connectivity index (χ4n) is 3.86. The average Bonchev–Trinajstić information content (AvgIpc) is 3.36. The molecule has 0 radical (unpaired) electrons. The first-order valence-electron chi connectivity index (χ1n) is 12.1. The molecule has 0 saturated carbocycles. The molecule has 1 aliphatic rings. The van der Waals surface area contributed by atoms with Crippen LogP contribution in [0.2, 0.25) is 5.02 Å². The van der Waals surface area contributed by atoms with E-state index < -0.39 is 0 Å². The third-order valence-corrected chi connectivity index (χ3v) is 6.95. The lowest BCUT2D eigenvalue weighted by atomic mass is 10.1. The Kier molecular flexibility index (Phi) is 10.9. The second kappa shape index (κ2) is 14.1. The van der Waals surface area contributed by atoms with E-state index in [0.717, 1.165) is 67.7 Å². The number of anilines is 4. The monoisotopic (exact) mass is 531 g/mol. The third-order valence-electron chi connectivity index (χ3n) is 5.79. The van der Waals surface area contributed by atoms with Crippen LogP contribution in [0.15, 0.2) is 30.5 Å². The van der Waals surface area contributed by atoms with Crippen molar-refractivity contribution in [3.63, 3.8) is 0 Å². The van der Waals surface area contributed by atoms with Crippen LogP contribution in [0.4, 0.5) is 22.5 Å². The minimum absolute atomic E-state index is 0.193. The maximum atomic E-state index is 10.8. The molecule has 3 heterocycles. The number of aliphatic hydroxyl groups excluding tert-OH is 1. The first-order valence-corrected chi connectivity index (χ1v) is 13.3. The Balaban J connectivity index is 0.000000275. The number of nitrogens with one attached hydrogen (secondary N) is 2. The number of halogens is 1. The fraction of sp³-hybridized carbons (Fsp3) is 0.440. The number of piperazine rings is 1. The van der Waals surface area contributed by atoms with Crippen molar-refractivity contribution in [1.29, 1.82) is 0 Å². The van der Waals surface area contributed by atoms with Crippen LogP contribution in [0.25, 0.3) is 0 Å². The molecule has 4 rings (SSSR count). The van der Waals surface area contributed by atoms with Crippen molar-refractivity contribution in [2.45, 2.75) is 26.7 Å². The van der Waals surface area contributed by atoms with E-state index in [2.05, 4.69) is 48.4 Å². The zero-order chi connectivity index (χ0) is 25.9. The summed E-state index contributed by atoms with van der Waals surface area (Å²) >= 11 is 7.24. The number of rotatable bonds is 9. The van der Waals surface area contributed by atoms with Crippen LogP contribution in [-0.2, 0) is 12.8 Å². The zero-order valence-electron chi connectivity index (χ0n) is 21.0. The molecular weight excluding hydrogens is 498 g/mol. The maximum absolute atomic E-state index is 10.8. The van der Waals surface area contributed by atoms with Crippen LogP contribution in [0.3, 0.4) is 0 Å². The summed E-state index contributed by atoms with van der Waals surface area (Å²) in [5, 5.41) is 16.7. The second-order valence-electron chi connectivity index (χ2n) is 8.12. The Labute approximate surface area is 221 Å². The molecule has 2 aromatic heterocycles. The number of aliphatic hydroxyl groups is 1. The van der Waals surface area contributed by atoms with E-state index in [1.54, 1.807) is 6.20 Å². The number of benzene rings is 1. The van der Waals surface area contributed by atoms with Gasteiger partial charge in [-0.3, -0.25) is 9.69 Å². The van der Waals surface area contributed by atoms with Crippen LogP contribution < -0.4 is 15.5 Å². The van der Waals surface area contributed by atoms with E-state index in [0.29, 0.717) is 22.4 Å². The van der Waals surface area contributed by atoms with Gasteiger partial charge in [0.25, 0.3) is 0 Å². The number of hydrogen-bond donors (Lipinski definition) is 3. The SMILES string of the molecule is CCc1cccc(Cl)c1NC.CCc1nc(Nc2ncc(C=O)s2)cc(N2CCN(CCO)CC2)n1. The highest BCUT2D eigenvalue weighted by Crippen LogP contribution is 2.26. The number of carbonyl (C=O) groups excluding carboxylic acids is 1. The number of β-amino-alcohol motifs (C(OH)–C–C–N with tert-alkyl or cyclic N) is 1. The lowest BCUT2D eigenvalue weighted by molar-refractivity contribution is 0.112. The standard InChI is InChI=1S/C16H22N6O2S.C9H12ClN/c1-2-13-18-14(20-16-17-10-12(11-24)25-16)9-15(19-13)22-5-3-21(4-6-22)7-8-23;1-3-7-5-4-6-8(10)9(7)11-2/h9-11,23H,2-8H2,1H3,(H,17,18,19,20);4-6,11H,3H2,1-2H3. The molecule has 1 aliphatic heterocycles. The van der Waals surface area contributed by atoms with Gasteiger partial charge in [-0.2, -0.15) is 0 Å². The van der Waals surface area contributed by atoms with Gasteiger partial charge in [0, 0.05) is 52.3 Å². The van der Waals surface area contributed by atoms with E-state index in [4.69, 9.17) is 16.7 Å². The first-order chi connectivity index (χ1) is 17.5. The first kappa shape index (κ1) is 27.8. The van der Waals surface area contributed by atoms with E-state index in [9.17, 15) is 4.79 Å². The molecule has 36 heavy (non-hydrogen) atoms. The lowest BCUT2D eigenvalue weighted by Gasteiger charge is -2.35. The van der Waals surface area contributed by atoms with E-state index in [-0.39, 0.29) is 6.61 Å². The molecule has 1 fully saturated rings. The number of carbonyl (C=O) groups is 1. The quantitative estimate of drug-likeness (QED) is 0.351. The molecule has 0 atom stereocenters. The molecule has 3 aromatic rings. The predicted octanol–water partition coefficient (Wildman–Crippen LogP) is 4.11. The maximum Gasteiger partial charge on any atom is 0.188 e. The van der Waals surface area contributed by atoms with Crippen molar-refractivity contribution in [1.82, 2.24) is 19.9 Å². The number of aromatic nitrogens is 3. The zero-order valence-corrected chi connectivity index (χ0v) is 22.6. The van der Waals surface area contributed by atoms with Crippen LogP contribution in [0.5, 0.6) is 0 Å². The summed E-state index contributed by atoms with van der Waals surface area (Å²) in [5.41, 5.74) is 2.32. The van der Waals surface area contributed by atoms with Gasteiger partial charge in [0.1, 0.15) is 17.5 Å². The number of aryl methyl sites for hydroxylation is 2. The van der Waals surface area contributed by atoms with Gasteiger partial charge < -0.3 is 20.6 Å². The number of hydrogen-bond acceptors (Lipinski definition) is 10. The minimum Gasteiger partial charge on any atom is -0.395 e. The predicted molar refractivity (Wildman–Crippen MR) is 148 cm³/mol. The lowest BCUT2D eigenvalue weighted by Crippen LogP contribution is -2.47. The molecule has 1 aromatic carbocycles. The van der Waals surface area contributed by atoms with Gasteiger partial charge >= 0.3 is 0 Å².